The fourth-order valence-corrected chi connectivity index (χ4v) is 2.14. The summed E-state index contributed by atoms with van der Waals surface area (Å²) < 4.78 is 5.44. The van der Waals surface area contributed by atoms with E-state index in [-0.39, 0.29) is 5.91 Å². The largest absolute Gasteiger partial charge is 0.493 e. The highest BCUT2D eigenvalue weighted by molar-refractivity contribution is 6.02. The summed E-state index contributed by atoms with van der Waals surface area (Å²) >= 11 is 0. The number of rotatable bonds is 3. The van der Waals surface area contributed by atoms with Crippen LogP contribution in [0, 0.1) is 0 Å². The van der Waals surface area contributed by atoms with Gasteiger partial charge in [0, 0.05) is 18.8 Å². The predicted octanol–water partition coefficient (Wildman–Crippen LogP) is 0.874. The number of amides is 1. The molecule has 1 heterocycles. The first-order valence-electron chi connectivity index (χ1n) is 6.12. The number of hydrogen-bond donors (Lipinski definition) is 2. The van der Waals surface area contributed by atoms with Crippen LogP contribution in [0.4, 0.5) is 5.69 Å². The Hall–Kier alpha value is -1.75. The summed E-state index contributed by atoms with van der Waals surface area (Å²) in [5.41, 5.74) is 6.67. The van der Waals surface area contributed by atoms with E-state index < -0.39 is 6.10 Å². The van der Waals surface area contributed by atoms with Crippen molar-refractivity contribution < 1.29 is 14.6 Å². The van der Waals surface area contributed by atoms with Gasteiger partial charge in [-0.05, 0) is 25.5 Å². The Morgan fingerprint density at radius 2 is 2.39 bits per heavy atom. The number of aliphatic hydroxyl groups is 1. The molecule has 1 aliphatic heterocycles. The summed E-state index contributed by atoms with van der Waals surface area (Å²) in [6.07, 6.45) is 0.178. The van der Waals surface area contributed by atoms with Crippen molar-refractivity contribution in [2.45, 2.75) is 19.4 Å². The molecule has 3 N–H and O–H groups in total. The van der Waals surface area contributed by atoms with Gasteiger partial charge in [-0.15, -0.1) is 0 Å². The number of β-amino-alcohol motifs (C(OH)–C–C–N with tert-alkyl or cyclic N) is 1. The number of likely N-dealkylation sites (tertiary alicyclic amines) is 1. The third kappa shape index (κ3) is 2.41. The number of hydrogen-bond acceptors (Lipinski definition) is 4. The van der Waals surface area contributed by atoms with E-state index in [1.165, 1.54) is 0 Å². The van der Waals surface area contributed by atoms with Gasteiger partial charge in [0.25, 0.3) is 5.91 Å². The second kappa shape index (κ2) is 5.27. The first-order valence-corrected chi connectivity index (χ1v) is 6.12. The summed E-state index contributed by atoms with van der Waals surface area (Å²) in [5, 5.41) is 9.48. The van der Waals surface area contributed by atoms with E-state index in [4.69, 9.17) is 10.5 Å². The molecular weight excluding hydrogens is 232 g/mol. The van der Waals surface area contributed by atoms with Crippen LogP contribution in [0.3, 0.4) is 0 Å². The van der Waals surface area contributed by atoms with E-state index in [1.807, 2.05) is 6.92 Å². The Morgan fingerprint density at radius 3 is 3.00 bits per heavy atom. The molecule has 0 aromatic heterocycles. The molecule has 1 amide bonds. The minimum Gasteiger partial charge on any atom is -0.493 e. The molecule has 18 heavy (non-hydrogen) atoms. The lowest BCUT2D eigenvalue weighted by Crippen LogP contribution is -2.30. The number of aliphatic hydroxyl groups excluding tert-OH is 1. The maximum Gasteiger partial charge on any atom is 0.259 e. The fourth-order valence-electron chi connectivity index (χ4n) is 2.14. The Bertz CT molecular complexity index is 448. The molecule has 1 aromatic rings. The number of carbonyl (C=O) groups is 1. The summed E-state index contributed by atoms with van der Waals surface area (Å²) in [6, 6.07) is 5.18. The number of nitrogen functional groups attached to an aromatic ring is 1. The van der Waals surface area contributed by atoms with Crippen molar-refractivity contribution in [1.82, 2.24) is 4.90 Å². The van der Waals surface area contributed by atoms with Crippen molar-refractivity contribution in [2.24, 2.45) is 0 Å². The van der Waals surface area contributed by atoms with Crippen LogP contribution in [-0.2, 0) is 0 Å². The third-order valence-electron chi connectivity index (χ3n) is 3.02. The molecular formula is C13H18N2O3. The molecule has 1 aliphatic rings. The zero-order valence-electron chi connectivity index (χ0n) is 10.4. The molecule has 0 radical (unpaired) electrons. The van der Waals surface area contributed by atoms with Crippen LogP contribution >= 0.6 is 0 Å². The first-order chi connectivity index (χ1) is 8.63. The molecule has 1 unspecified atom stereocenters. The summed E-state index contributed by atoms with van der Waals surface area (Å²) in [5.74, 6) is 0.331. The summed E-state index contributed by atoms with van der Waals surface area (Å²) in [4.78, 5) is 14.0. The Balaban J connectivity index is 2.28. The summed E-state index contributed by atoms with van der Waals surface area (Å²) in [6.45, 7) is 3.25. The topological polar surface area (TPSA) is 75.8 Å². The van der Waals surface area contributed by atoms with E-state index in [0.29, 0.717) is 43.1 Å². The van der Waals surface area contributed by atoms with Crippen LogP contribution in [0.25, 0.3) is 0 Å². The standard InChI is InChI=1S/C13H18N2O3/c1-2-18-11-5-3-4-10(14)12(11)13(17)15-7-6-9(16)8-15/h3-5,9,16H,2,6-8,14H2,1H3. The Labute approximate surface area is 106 Å². The van der Waals surface area contributed by atoms with E-state index >= 15 is 0 Å². The normalized spacial score (nSPS) is 19.0. The van der Waals surface area contributed by atoms with Crippen LogP contribution in [0.1, 0.15) is 23.7 Å². The Morgan fingerprint density at radius 1 is 1.61 bits per heavy atom. The monoisotopic (exact) mass is 250 g/mol. The van der Waals surface area contributed by atoms with Crippen LogP contribution in [0.5, 0.6) is 5.75 Å². The van der Waals surface area contributed by atoms with Gasteiger partial charge in [-0.2, -0.15) is 0 Å². The zero-order chi connectivity index (χ0) is 13.1. The van der Waals surface area contributed by atoms with Crippen molar-refractivity contribution in [2.75, 3.05) is 25.4 Å². The molecule has 2 rings (SSSR count). The number of nitrogens with zero attached hydrogens (tertiary/aromatic N) is 1. The number of anilines is 1. The second-order valence-corrected chi connectivity index (χ2v) is 4.35. The van der Waals surface area contributed by atoms with Crippen molar-refractivity contribution in [3.8, 4) is 5.75 Å². The average Bonchev–Trinajstić information content (AvgIpc) is 2.76. The highest BCUT2D eigenvalue weighted by Crippen LogP contribution is 2.27. The highest BCUT2D eigenvalue weighted by atomic mass is 16.5. The van der Waals surface area contributed by atoms with Gasteiger partial charge < -0.3 is 20.5 Å². The van der Waals surface area contributed by atoms with Crippen molar-refractivity contribution in [3.63, 3.8) is 0 Å². The highest BCUT2D eigenvalue weighted by Gasteiger charge is 2.28. The number of benzene rings is 1. The lowest BCUT2D eigenvalue weighted by molar-refractivity contribution is 0.0762. The quantitative estimate of drug-likeness (QED) is 0.781. The Kier molecular flexibility index (Phi) is 3.72. The van der Waals surface area contributed by atoms with Crippen LogP contribution < -0.4 is 10.5 Å². The lowest BCUT2D eigenvalue weighted by Gasteiger charge is -2.19. The molecule has 98 valence electrons. The lowest BCUT2D eigenvalue weighted by atomic mass is 10.1. The number of carbonyl (C=O) groups excluding carboxylic acids is 1. The van der Waals surface area contributed by atoms with Crippen LogP contribution in [-0.4, -0.2) is 41.7 Å². The van der Waals surface area contributed by atoms with E-state index in [2.05, 4.69) is 0 Å². The minimum atomic E-state index is -0.436. The fraction of sp³-hybridized carbons (Fsp3) is 0.462. The molecule has 5 nitrogen and oxygen atoms in total. The molecule has 1 saturated heterocycles. The molecule has 5 heteroatoms. The van der Waals surface area contributed by atoms with Gasteiger partial charge in [-0.3, -0.25) is 4.79 Å². The van der Waals surface area contributed by atoms with Crippen LogP contribution in [0.2, 0.25) is 0 Å². The van der Waals surface area contributed by atoms with Gasteiger partial charge in [-0.1, -0.05) is 6.07 Å². The van der Waals surface area contributed by atoms with Gasteiger partial charge in [0.2, 0.25) is 0 Å². The van der Waals surface area contributed by atoms with Gasteiger partial charge >= 0.3 is 0 Å². The molecule has 0 spiro atoms. The molecule has 0 saturated carbocycles. The van der Waals surface area contributed by atoms with Gasteiger partial charge in [0.05, 0.1) is 12.7 Å². The molecule has 1 atom stereocenters. The van der Waals surface area contributed by atoms with Crippen LogP contribution in [0.15, 0.2) is 18.2 Å². The SMILES string of the molecule is CCOc1cccc(N)c1C(=O)N1CCC(O)C1. The minimum absolute atomic E-state index is 0.173. The van der Waals surface area contributed by atoms with Gasteiger partial charge in [-0.25, -0.2) is 0 Å². The van der Waals surface area contributed by atoms with Crippen molar-refractivity contribution in [3.05, 3.63) is 23.8 Å². The number of ether oxygens (including phenoxy) is 1. The zero-order valence-corrected chi connectivity index (χ0v) is 10.4. The smallest absolute Gasteiger partial charge is 0.259 e. The molecule has 1 fully saturated rings. The maximum absolute atomic E-state index is 12.4. The number of nitrogens with two attached hydrogens (primary N) is 1. The van der Waals surface area contributed by atoms with Gasteiger partial charge in [0.1, 0.15) is 11.3 Å². The summed E-state index contributed by atoms with van der Waals surface area (Å²) in [7, 11) is 0. The predicted molar refractivity (Wildman–Crippen MR) is 68.6 cm³/mol. The van der Waals surface area contributed by atoms with E-state index in [0.717, 1.165) is 0 Å². The van der Waals surface area contributed by atoms with E-state index in [1.54, 1.807) is 23.1 Å². The van der Waals surface area contributed by atoms with Crippen molar-refractivity contribution in [1.29, 1.82) is 0 Å². The molecule has 0 aliphatic carbocycles. The average molecular weight is 250 g/mol. The second-order valence-electron chi connectivity index (χ2n) is 4.35. The molecule has 1 aromatic carbocycles. The maximum atomic E-state index is 12.4. The molecule has 0 bridgehead atoms. The first kappa shape index (κ1) is 12.7. The van der Waals surface area contributed by atoms with Gasteiger partial charge in [0.15, 0.2) is 0 Å². The van der Waals surface area contributed by atoms with E-state index in [9.17, 15) is 9.90 Å². The third-order valence-corrected chi connectivity index (χ3v) is 3.02. The van der Waals surface area contributed by atoms with Crippen molar-refractivity contribution >= 4 is 11.6 Å².